The minimum atomic E-state index is 0. The molecule has 0 aliphatic heterocycles. The molecular weight excluding hydrogens is 551 g/mol. The molecule has 0 amide bonds. The summed E-state index contributed by atoms with van der Waals surface area (Å²) in [5.74, 6) is 0.679. The van der Waals surface area contributed by atoms with Gasteiger partial charge in [-0.25, -0.2) is 0 Å². The van der Waals surface area contributed by atoms with E-state index in [-0.39, 0.29) is 21.1 Å². The molecule has 0 N–H and O–H groups in total. The summed E-state index contributed by atoms with van der Waals surface area (Å²) in [5.41, 5.74) is 6.55. The predicted octanol–water partition coefficient (Wildman–Crippen LogP) is 4.94. The Labute approximate surface area is 189 Å². The van der Waals surface area contributed by atoms with Crippen LogP contribution in [0, 0.1) is 12.1 Å². The van der Waals surface area contributed by atoms with Crippen LogP contribution in [0.5, 0.6) is 0 Å². The second-order valence-corrected chi connectivity index (χ2v) is 6.67. The van der Waals surface area contributed by atoms with E-state index in [0.29, 0.717) is 5.82 Å². The Morgan fingerprint density at radius 1 is 0.633 bits per heavy atom. The van der Waals surface area contributed by atoms with Crippen LogP contribution in [0.1, 0.15) is 11.1 Å². The van der Waals surface area contributed by atoms with Gasteiger partial charge in [0.25, 0.3) is 0 Å². The van der Waals surface area contributed by atoms with Crippen LogP contribution in [0.4, 0.5) is 0 Å². The number of hydrogen-bond donors (Lipinski definition) is 0. The van der Waals surface area contributed by atoms with Crippen molar-refractivity contribution >= 4 is 11.0 Å². The SMILES string of the molecule is [Pt+2].[c-]1c(Cc2[c-]c(-c3ncccn3)ccc2)cccc1-c1cnc2ccccc2n1. The maximum absolute atomic E-state index is 4.73. The van der Waals surface area contributed by atoms with Gasteiger partial charge < -0.3 is 0 Å². The molecule has 0 radical (unpaired) electrons. The summed E-state index contributed by atoms with van der Waals surface area (Å²) in [6, 6.07) is 28.7. The van der Waals surface area contributed by atoms with E-state index >= 15 is 0 Å². The quantitative estimate of drug-likeness (QED) is 0.289. The Morgan fingerprint density at radius 2 is 1.30 bits per heavy atom. The zero-order valence-electron chi connectivity index (χ0n) is 15.9. The summed E-state index contributed by atoms with van der Waals surface area (Å²) in [4.78, 5) is 17.9. The van der Waals surface area contributed by atoms with Crippen molar-refractivity contribution in [1.29, 1.82) is 0 Å². The van der Waals surface area contributed by atoms with E-state index in [9.17, 15) is 0 Å². The largest absolute Gasteiger partial charge is 2.00 e. The Morgan fingerprint density at radius 3 is 2.07 bits per heavy atom. The molecule has 5 heteroatoms. The molecule has 0 spiro atoms. The number of hydrogen-bond acceptors (Lipinski definition) is 4. The van der Waals surface area contributed by atoms with Gasteiger partial charge >= 0.3 is 21.1 Å². The fourth-order valence-corrected chi connectivity index (χ4v) is 3.25. The minimum absolute atomic E-state index is 0. The molecule has 0 atom stereocenters. The van der Waals surface area contributed by atoms with E-state index in [1.54, 1.807) is 18.6 Å². The van der Waals surface area contributed by atoms with Gasteiger partial charge in [0.1, 0.15) is 0 Å². The van der Waals surface area contributed by atoms with E-state index in [1.807, 2.05) is 54.6 Å². The number of rotatable bonds is 4. The Hall–Kier alpha value is -3.23. The first kappa shape index (κ1) is 20.1. The monoisotopic (exact) mass is 567 g/mol. The van der Waals surface area contributed by atoms with Crippen LogP contribution in [0.25, 0.3) is 33.7 Å². The third-order valence-electron chi connectivity index (χ3n) is 4.62. The number of aromatic nitrogens is 4. The smallest absolute Gasteiger partial charge is 0.293 e. The maximum Gasteiger partial charge on any atom is 2.00 e. The van der Waals surface area contributed by atoms with Crippen LogP contribution in [0.15, 0.2) is 85.3 Å². The van der Waals surface area contributed by atoms with Crippen LogP contribution in [-0.4, -0.2) is 19.9 Å². The van der Waals surface area contributed by atoms with Crippen molar-refractivity contribution in [2.24, 2.45) is 0 Å². The summed E-state index contributed by atoms with van der Waals surface area (Å²) in [7, 11) is 0. The van der Waals surface area contributed by atoms with Gasteiger partial charge in [-0.1, -0.05) is 12.1 Å². The molecule has 146 valence electrons. The van der Waals surface area contributed by atoms with Crippen LogP contribution < -0.4 is 0 Å². The van der Waals surface area contributed by atoms with Crippen molar-refractivity contribution in [1.82, 2.24) is 19.9 Å². The van der Waals surface area contributed by atoms with Gasteiger partial charge in [0, 0.05) is 24.3 Å². The summed E-state index contributed by atoms with van der Waals surface area (Å²) in [6.45, 7) is 0. The molecule has 2 heterocycles. The fourth-order valence-electron chi connectivity index (χ4n) is 3.25. The van der Waals surface area contributed by atoms with Crippen LogP contribution in [0.2, 0.25) is 0 Å². The molecular formula is C25H16N4Pt. The maximum atomic E-state index is 4.73. The van der Waals surface area contributed by atoms with Gasteiger partial charge in [0.15, 0.2) is 0 Å². The average Bonchev–Trinajstić information content (AvgIpc) is 2.80. The molecule has 0 bridgehead atoms. The summed E-state index contributed by atoms with van der Waals surface area (Å²) in [5, 5.41) is 0. The van der Waals surface area contributed by atoms with E-state index in [4.69, 9.17) is 4.98 Å². The standard InChI is InChI=1S/C25H16N4.Pt/c1-2-11-23-22(10-1)28-17-24(29-23)20-8-3-6-18(15-20)14-19-7-4-9-21(16-19)25-26-12-5-13-27-25;/h1-13,17H,14H2;/q-2;+2. The van der Waals surface area contributed by atoms with Crippen molar-refractivity contribution in [2.45, 2.75) is 6.42 Å². The number of fused-ring (bicyclic) bond motifs is 1. The molecule has 5 rings (SSSR count). The second kappa shape index (κ2) is 9.06. The fraction of sp³-hybridized carbons (Fsp3) is 0.0400. The van der Waals surface area contributed by atoms with Gasteiger partial charge in [-0.15, -0.1) is 70.8 Å². The van der Waals surface area contributed by atoms with Gasteiger partial charge in [-0.3, -0.25) is 19.9 Å². The normalized spacial score (nSPS) is 10.5. The van der Waals surface area contributed by atoms with Crippen molar-refractivity contribution in [3.63, 3.8) is 0 Å². The third-order valence-corrected chi connectivity index (χ3v) is 4.62. The summed E-state index contributed by atoms with van der Waals surface area (Å²) in [6.07, 6.45) is 6.00. The van der Waals surface area contributed by atoms with Gasteiger partial charge in [-0.2, -0.15) is 0 Å². The molecule has 0 saturated carbocycles. The summed E-state index contributed by atoms with van der Waals surface area (Å²) >= 11 is 0. The van der Waals surface area contributed by atoms with Gasteiger partial charge in [0.05, 0.1) is 16.9 Å². The molecule has 2 aromatic heterocycles. The Bertz CT molecular complexity index is 1290. The predicted molar refractivity (Wildman–Crippen MR) is 113 cm³/mol. The van der Waals surface area contributed by atoms with E-state index in [0.717, 1.165) is 45.4 Å². The first-order valence-electron chi connectivity index (χ1n) is 9.37. The van der Waals surface area contributed by atoms with Crippen LogP contribution >= 0.6 is 0 Å². The van der Waals surface area contributed by atoms with Gasteiger partial charge in [-0.05, 0) is 24.6 Å². The van der Waals surface area contributed by atoms with E-state index < -0.39 is 0 Å². The van der Waals surface area contributed by atoms with Crippen molar-refractivity contribution in [2.75, 3.05) is 0 Å². The topological polar surface area (TPSA) is 51.6 Å². The molecule has 0 aliphatic carbocycles. The van der Waals surface area contributed by atoms with Crippen LogP contribution in [0.3, 0.4) is 0 Å². The first-order chi connectivity index (χ1) is 14.3. The number of benzene rings is 3. The Balaban J connectivity index is 0.00000218. The molecule has 5 aromatic rings. The second-order valence-electron chi connectivity index (χ2n) is 6.67. The molecule has 0 unspecified atom stereocenters. The molecule has 3 aromatic carbocycles. The summed E-state index contributed by atoms with van der Waals surface area (Å²) < 4.78 is 0. The van der Waals surface area contributed by atoms with Crippen LogP contribution in [-0.2, 0) is 27.5 Å². The van der Waals surface area contributed by atoms with Crippen molar-refractivity contribution in [3.05, 3.63) is 109 Å². The zero-order chi connectivity index (χ0) is 19.5. The van der Waals surface area contributed by atoms with E-state index in [1.165, 1.54) is 0 Å². The minimum Gasteiger partial charge on any atom is -0.293 e. The number of nitrogens with zero attached hydrogens (tertiary/aromatic N) is 4. The van der Waals surface area contributed by atoms with Crippen molar-refractivity contribution < 1.29 is 21.1 Å². The molecule has 0 saturated heterocycles. The molecule has 30 heavy (non-hydrogen) atoms. The van der Waals surface area contributed by atoms with Gasteiger partial charge in [0.2, 0.25) is 0 Å². The average molecular weight is 568 g/mol. The first-order valence-corrected chi connectivity index (χ1v) is 9.37. The molecule has 0 fully saturated rings. The van der Waals surface area contributed by atoms with Crippen molar-refractivity contribution in [3.8, 4) is 22.6 Å². The Kier molecular flexibility index (Phi) is 6.06. The van der Waals surface area contributed by atoms with E-state index in [2.05, 4.69) is 39.2 Å². The third kappa shape index (κ3) is 4.34. The molecule has 4 nitrogen and oxygen atoms in total. The molecule has 0 aliphatic rings. The number of para-hydroxylation sites is 2. The zero-order valence-corrected chi connectivity index (χ0v) is 18.2.